The number of carbonyl (C=O) groups is 1. The standard InChI is InChI=1S/C25H38N2O6P2/c1-24(32-34(26)29,21-13-5-3-6-14-21)19-11-9-17-23(28)18-10-12-20-25(2,33-35(27,30)31)22-15-7-4-8-16-22/h3-8,13-16,34H,9-12,17-20H2,1-2H3,(H2,26,29)(H3,27,30,31). The number of rotatable bonds is 16. The van der Waals surface area contributed by atoms with Crippen LogP contribution in [0.5, 0.6) is 0 Å². The minimum Gasteiger partial charge on any atom is -0.313 e. The average molecular weight is 525 g/mol. The molecule has 10 heteroatoms. The van der Waals surface area contributed by atoms with Gasteiger partial charge < -0.3 is 9.42 Å². The van der Waals surface area contributed by atoms with Gasteiger partial charge in [0.2, 0.25) is 0 Å². The normalized spacial score (nSPS) is 17.6. The molecular weight excluding hydrogens is 486 g/mol. The van der Waals surface area contributed by atoms with Crippen LogP contribution in [0.15, 0.2) is 60.7 Å². The van der Waals surface area contributed by atoms with Gasteiger partial charge in [-0.2, -0.15) is 0 Å². The minimum atomic E-state index is -4.19. The first-order valence-corrected chi connectivity index (χ1v) is 14.9. The Bertz CT molecular complexity index is 1000. The van der Waals surface area contributed by atoms with Crippen LogP contribution in [0.25, 0.3) is 0 Å². The van der Waals surface area contributed by atoms with E-state index in [-0.39, 0.29) is 5.78 Å². The molecule has 4 unspecified atom stereocenters. The first-order valence-electron chi connectivity index (χ1n) is 11.9. The molecule has 2 rings (SSSR count). The van der Waals surface area contributed by atoms with E-state index in [1.165, 1.54) is 0 Å². The highest BCUT2D eigenvalue weighted by Gasteiger charge is 2.33. The lowest BCUT2D eigenvalue weighted by Gasteiger charge is -2.31. The number of benzene rings is 2. The van der Waals surface area contributed by atoms with Gasteiger partial charge in [-0.15, -0.1) is 0 Å². The number of hydrogen-bond donors (Lipinski definition) is 3. The first kappa shape index (κ1) is 29.6. The van der Waals surface area contributed by atoms with Crippen molar-refractivity contribution in [2.24, 2.45) is 11.0 Å². The van der Waals surface area contributed by atoms with Crippen molar-refractivity contribution in [3.05, 3.63) is 71.8 Å². The van der Waals surface area contributed by atoms with Crippen LogP contribution in [-0.2, 0) is 34.2 Å². The number of hydrogen-bond acceptors (Lipinski definition) is 5. The van der Waals surface area contributed by atoms with E-state index in [2.05, 4.69) is 0 Å². The van der Waals surface area contributed by atoms with Gasteiger partial charge in [-0.05, 0) is 63.5 Å². The van der Waals surface area contributed by atoms with Crippen molar-refractivity contribution in [3.63, 3.8) is 0 Å². The molecule has 0 aromatic heterocycles. The molecule has 4 atom stereocenters. The van der Waals surface area contributed by atoms with E-state index in [1.54, 1.807) is 6.92 Å². The fourth-order valence-electron chi connectivity index (χ4n) is 4.28. The lowest BCUT2D eigenvalue weighted by Crippen LogP contribution is -2.26. The number of Topliss-reactive ketones (excluding diaryl/α,β-unsaturated/α-hetero) is 1. The number of nitrogens with two attached hydrogens (primary N) is 2. The zero-order valence-corrected chi connectivity index (χ0v) is 22.4. The fourth-order valence-corrected chi connectivity index (χ4v) is 5.72. The Morgan fingerprint density at radius 3 is 1.74 bits per heavy atom. The van der Waals surface area contributed by atoms with Gasteiger partial charge in [-0.3, -0.25) is 19.4 Å². The molecule has 0 radical (unpaired) electrons. The SMILES string of the molecule is CC(CCCCC(=O)CCCCC(C)(OP(N)(=O)O)c1ccccc1)(O[PH](N)=O)c1ccccc1. The Balaban J connectivity index is 1.79. The predicted molar refractivity (Wildman–Crippen MR) is 139 cm³/mol. The van der Waals surface area contributed by atoms with Gasteiger partial charge in [0.05, 0.1) is 5.60 Å². The third-order valence-electron chi connectivity index (χ3n) is 6.15. The summed E-state index contributed by atoms with van der Waals surface area (Å²) in [6, 6.07) is 18.7. The van der Waals surface area contributed by atoms with Gasteiger partial charge in [0, 0.05) is 12.8 Å². The molecule has 5 N–H and O–H groups in total. The topological polar surface area (TPSA) is 142 Å². The largest absolute Gasteiger partial charge is 0.401 e. The Kier molecular flexibility index (Phi) is 11.5. The van der Waals surface area contributed by atoms with Crippen LogP contribution >= 0.6 is 15.9 Å². The molecule has 2 aromatic rings. The van der Waals surface area contributed by atoms with Crippen molar-refractivity contribution in [2.45, 2.75) is 76.4 Å². The van der Waals surface area contributed by atoms with Crippen molar-refractivity contribution in [1.82, 2.24) is 0 Å². The molecule has 194 valence electrons. The van der Waals surface area contributed by atoms with E-state index in [0.29, 0.717) is 44.9 Å². The Hall–Kier alpha value is -1.63. The minimum absolute atomic E-state index is 0.161. The van der Waals surface area contributed by atoms with Crippen LogP contribution in [0.1, 0.15) is 76.3 Å². The molecule has 35 heavy (non-hydrogen) atoms. The van der Waals surface area contributed by atoms with E-state index in [1.807, 2.05) is 67.6 Å². The second-order valence-corrected chi connectivity index (χ2v) is 11.4. The summed E-state index contributed by atoms with van der Waals surface area (Å²) in [6.45, 7) is 3.61. The van der Waals surface area contributed by atoms with Crippen LogP contribution in [0.2, 0.25) is 0 Å². The summed E-state index contributed by atoms with van der Waals surface area (Å²) in [5, 5.41) is 0. The molecule has 0 bridgehead atoms. The zero-order valence-electron chi connectivity index (χ0n) is 20.5. The predicted octanol–water partition coefficient (Wildman–Crippen LogP) is 5.95. The zero-order chi connectivity index (χ0) is 26.0. The molecule has 0 fully saturated rings. The first-order chi connectivity index (χ1) is 16.4. The van der Waals surface area contributed by atoms with Crippen molar-refractivity contribution in [2.75, 3.05) is 0 Å². The fraction of sp³-hybridized carbons (Fsp3) is 0.480. The Labute approximate surface area is 208 Å². The molecule has 0 aliphatic carbocycles. The summed E-state index contributed by atoms with van der Waals surface area (Å²) in [5.74, 6) is 0.161. The lowest BCUT2D eigenvalue weighted by atomic mass is 9.89. The van der Waals surface area contributed by atoms with E-state index in [4.69, 9.17) is 20.1 Å². The molecule has 0 saturated heterocycles. The highest BCUT2D eigenvalue weighted by molar-refractivity contribution is 7.50. The van der Waals surface area contributed by atoms with Gasteiger partial charge >= 0.3 is 7.75 Å². The highest BCUT2D eigenvalue weighted by atomic mass is 31.2. The molecule has 0 saturated carbocycles. The monoisotopic (exact) mass is 524 g/mol. The summed E-state index contributed by atoms with van der Waals surface area (Å²) in [4.78, 5) is 22.0. The summed E-state index contributed by atoms with van der Waals surface area (Å²) in [7, 11) is -6.80. The average Bonchev–Trinajstić information content (AvgIpc) is 2.79. The number of carbonyl (C=O) groups excluding carboxylic acids is 1. The van der Waals surface area contributed by atoms with Crippen molar-refractivity contribution in [1.29, 1.82) is 0 Å². The maximum absolute atomic E-state index is 12.4. The van der Waals surface area contributed by atoms with Gasteiger partial charge in [0.1, 0.15) is 11.4 Å². The molecule has 0 amide bonds. The summed E-state index contributed by atoms with van der Waals surface area (Å²) in [6.07, 6.45) is 4.64. The maximum atomic E-state index is 12.4. The lowest BCUT2D eigenvalue weighted by molar-refractivity contribution is -0.119. The Morgan fingerprint density at radius 1 is 0.886 bits per heavy atom. The van der Waals surface area contributed by atoms with Crippen molar-refractivity contribution in [3.8, 4) is 0 Å². The van der Waals surface area contributed by atoms with Crippen LogP contribution in [0.4, 0.5) is 0 Å². The van der Waals surface area contributed by atoms with E-state index >= 15 is 0 Å². The van der Waals surface area contributed by atoms with Crippen LogP contribution in [-0.4, -0.2) is 10.7 Å². The maximum Gasteiger partial charge on any atom is 0.401 e. The summed E-state index contributed by atoms with van der Waals surface area (Å²) in [5.41, 5.74) is 10.6. The van der Waals surface area contributed by atoms with Gasteiger partial charge in [0.15, 0.2) is 0 Å². The second-order valence-electron chi connectivity index (χ2n) is 9.22. The van der Waals surface area contributed by atoms with E-state index in [0.717, 1.165) is 17.5 Å². The molecule has 8 nitrogen and oxygen atoms in total. The van der Waals surface area contributed by atoms with Crippen LogP contribution in [0, 0.1) is 0 Å². The van der Waals surface area contributed by atoms with Crippen LogP contribution < -0.4 is 11.0 Å². The summed E-state index contributed by atoms with van der Waals surface area (Å²) >= 11 is 0. The third kappa shape index (κ3) is 10.5. The van der Waals surface area contributed by atoms with E-state index in [9.17, 15) is 18.8 Å². The van der Waals surface area contributed by atoms with Crippen LogP contribution in [0.3, 0.4) is 0 Å². The Morgan fingerprint density at radius 2 is 1.31 bits per heavy atom. The molecule has 2 aromatic carbocycles. The number of ketones is 1. The van der Waals surface area contributed by atoms with Gasteiger partial charge in [-0.25, -0.2) is 10.1 Å². The molecular formula is C25H38N2O6P2. The summed E-state index contributed by atoms with van der Waals surface area (Å²) < 4.78 is 34.3. The third-order valence-corrected chi connectivity index (χ3v) is 7.46. The highest BCUT2D eigenvalue weighted by Crippen LogP contribution is 2.45. The number of unbranched alkanes of at least 4 members (excludes halogenated alkanes) is 2. The molecule has 0 spiro atoms. The molecule has 0 heterocycles. The quantitative estimate of drug-likeness (QED) is 0.181. The van der Waals surface area contributed by atoms with Crippen molar-refractivity contribution < 1.29 is 27.9 Å². The molecule has 0 aliphatic rings. The molecule has 0 aliphatic heterocycles. The second kappa shape index (κ2) is 13.6. The van der Waals surface area contributed by atoms with Crippen molar-refractivity contribution >= 4 is 21.7 Å². The van der Waals surface area contributed by atoms with Gasteiger partial charge in [-0.1, -0.05) is 60.7 Å². The van der Waals surface area contributed by atoms with Gasteiger partial charge in [0.25, 0.3) is 8.18 Å². The van der Waals surface area contributed by atoms with E-state index < -0.39 is 27.1 Å². The smallest absolute Gasteiger partial charge is 0.313 e.